The number of carboxylic acids is 1. The number of carbonyl (C=O) groups excluding carboxylic acids is 2. The Morgan fingerprint density at radius 3 is 2.86 bits per heavy atom. The second kappa shape index (κ2) is 7.21. The van der Waals surface area contributed by atoms with Crippen molar-refractivity contribution in [2.45, 2.75) is 31.7 Å². The molecule has 0 aliphatic carbocycles. The van der Waals surface area contributed by atoms with Gasteiger partial charge in [-0.3, -0.25) is 9.59 Å². The Hall–Kier alpha value is -1.89. The van der Waals surface area contributed by atoms with Gasteiger partial charge in [-0.15, -0.1) is 0 Å². The van der Waals surface area contributed by atoms with Crippen molar-refractivity contribution in [2.75, 3.05) is 13.1 Å². The van der Waals surface area contributed by atoms with Gasteiger partial charge in [0.25, 0.3) is 5.91 Å². The lowest BCUT2D eigenvalue weighted by Crippen LogP contribution is -2.48. The maximum atomic E-state index is 12.1. The van der Waals surface area contributed by atoms with Crippen LogP contribution in [0.2, 0.25) is 0 Å². The number of nitrogens with one attached hydrogen (secondary N) is 1. The Labute approximate surface area is 126 Å². The van der Waals surface area contributed by atoms with Crippen LogP contribution < -0.4 is 5.32 Å². The largest absolute Gasteiger partial charge is 0.480 e. The number of thiophene rings is 1. The fourth-order valence-electron chi connectivity index (χ4n) is 2.41. The average Bonchev–Trinajstić information content (AvgIpc) is 3.01. The third-order valence-electron chi connectivity index (χ3n) is 3.52. The van der Waals surface area contributed by atoms with E-state index >= 15 is 0 Å². The molecule has 0 unspecified atom stereocenters. The number of likely N-dealkylation sites (tertiary alicyclic amines) is 1. The minimum Gasteiger partial charge on any atom is -0.480 e. The van der Waals surface area contributed by atoms with Crippen LogP contribution in [0, 0.1) is 0 Å². The van der Waals surface area contributed by atoms with Crippen molar-refractivity contribution >= 4 is 29.1 Å². The van der Waals surface area contributed by atoms with Crippen molar-refractivity contribution in [3.05, 3.63) is 22.4 Å². The van der Waals surface area contributed by atoms with Gasteiger partial charge in [0.15, 0.2) is 0 Å². The summed E-state index contributed by atoms with van der Waals surface area (Å²) in [5, 5.41) is 15.4. The lowest BCUT2D eigenvalue weighted by molar-refractivity contribution is -0.152. The summed E-state index contributed by atoms with van der Waals surface area (Å²) in [7, 11) is 0. The van der Waals surface area contributed by atoms with Gasteiger partial charge in [0.1, 0.15) is 6.04 Å². The molecule has 1 aliphatic rings. The van der Waals surface area contributed by atoms with Crippen LogP contribution >= 0.6 is 11.3 Å². The quantitative estimate of drug-likeness (QED) is 0.859. The Balaban J connectivity index is 1.81. The highest BCUT2D eigenvalue weighted by Crippen LogP contribution is 2.18. The number of carbonyl (C=O) groups is 3. The highest BCUT2D eigenvalue weighted by Gasteiger charge is 2.31. The summed E-state index contributed by atoms with van der Waals surface area (Å²) >= 11 is 1.43. The number of piperidine rings is 1. The van der Waals surface area contributed by atoms with Crippen molar-refractivity contribution < 1.29 is 19.5 Å². The molecular formula is C14H18N2O4S. The summed E-state index contributed by atoms with van der Waals surface area (Å²) < 4.78 is 0. The molecule has 2 rings (SSSR count). The molecule has 114 valence electrons. The lowest BCUT2D eigenvalue weighted by Gasteiger charge is -2.33. The number of hydrogen-bond donors (Lipinski definition) is 2. The first-order valence-corrected chi connectivity index (χ1v) is 7.86. The molecule has 1 aromatic rings. The summed E-state index contributed by atoms with van der Waals surface area (Å²) in [6, 6.07) is 0.992. The first-order valence-electron chi connectivity index (χ1n) is 6.92. The smallest absolute Gasteiger partial charge is 0.326 e. The molecule has 2 heterocycles. The van der Waals surface area contributed by atoms with Crippen LogP contribution in [0.1, 0.15) is 36.0 Å². The topological polar surface area (TPSA) is 86.7 Å². The number of nitrogens with zero attached hydrogens (tertiary/aromatic N) is 1. The zero-order valence-electron chi connectivity index (χ0n) is 11.6. The molecule has 0 aromatic carbocycles. The molecule has 1 aliphatic heterocycles. The van der Waals surface area contributed by atoms with E-state index in [1.54, 1.807) is 11.4 Å². The molecule has 1 atom stereocenters. The van der Waals surface area contributed by atoms with Crippen LogP contribution in [0.15, 0.2) is 16.8 Å². The van der Waals surface area contributed by atoms with Crippen LogP contribution in [-0.2, 0) is 9.59 Å². The van der Waals surface area contributed by atoms with Gasteiger partial charge in [0.2, 0.25) is 5.91 Å². The zero-order chi connectivity index (χ0) is 15.2. The van der Waals surface area contributed by atoms with Gasteiger partial charge >= 0.3 is 5.97 Å². The van der Waals surface area contributed by atoms with E-state index in [2.05, 4.69) is 5.32 Å². The van der Waals surface area contributed by atoms with E-state index in [0.717, 1.165) is 12.8 Å². The predicted octanol–water partition coefficient (Wildman–Crippen LogP) is 1.33. The normalized spacial score (nSPS) is 18.3. The molecule has 1 aromatic heterocycles. The number of hydrogen-bond acceptors (Lipinski definition) is 4. The third kappa shape index (κ3) is 4.04. The fourth-order valence-corrected chi connectivity index (χ4v) is 3.05. The van der Waals surface area contributed by atoms with Gasteiger partial charge in [-0.05, 0) is 30.7 Å². The predicted molar refractivity (Wildman–Crippen MR) is 78.3 cm³/mol. The highest BCUT2D eigenvalue weighted by molar-refractivity contribution is 7.08. The van der Waals surface area contributed by atoms with Gasteiger partial charge < -0.3 is 15.3 Å². The maximum absolute atomic E-state index is 12.1. The molecule has 21 heavy (non-hydrogen) atoms. The number of carboxylic acid groups (broad SMARTS) is 1. The Bertz CT molecular complexity index is 515. The van der Waals surface area contributed by atoms with Crippen LogP contribution in [0.25, 0.3) is 0 Å². The summed E-state index contributed by atoms with van der Waals surface area (Å²) in [6.45, 7) is 0.699. The molecule has 0 saturated carbocycles. The monoisotopic (exact) mass is 310 g/mol. The first-order chi connectivity index (χ1) is 10.1. The second-order valence-corrected chi connectivity index (χ2v) is 5.73. The van der Waals surface area contributed by atoms with E-state index in [0.29, 0.717) is 18.5 Å². The zero-order valence-corrected chi connectivity index (χ0v) is 12.4. The van der Waals surface area contributed by atoms with Gasteiger partial charge in [-0.25, -0.2) is 4.79 Å². The number of aliphatic carboxylic acids is 1. The summed E-state index contributed by atoms with van der Waals surface area (Å²) in [6.07, 6.45) is 2.29. The van der Waals surface area contributed by atoms with E-state index in [1.807, 2.05) is 5.38 Å². The molecule has 7 heteroatoms. The van der Waals surface area contributed by atoms with Gasteiger partial charge in [0, 0.05) is 30.5 Å². The Morgan fingerprint density at radius 2 is 2.19 bits per heavy atom. The van der Waals surface area contributed by atoms with Crippen LogP contribution in [0.4, 0.5) is 0 Å². The fraction of sp³-hybridized carbons (Fsp3) is 0.500. The van der Waals surface area contributed by atoms with E-state index < -0.39 is 12.0 Å². The second-order valence-electron chi connectivity index (χ2n) is 4.95. The SMILES string of the molecule is O=C(NCCC(=O)N1CCCC[C@@H]1C(=O)O)c1ccsc1. The standard InChI is InChI=1S/C14H18N2O4S/c17-12(16-7-2-1-3-11(16)14(19)20)4-6-15-13(18)10-5-8-21-9-10/h5,8-9,11H,1-4,6-7H2,(H,15,18)(H,19,20)/t11-/m1/s1. The van der Waals surface area contributed by atoms with Crippen LogP contribution in [-0.4, -0.2) is 46.9 Å². The van der Waals surface area contributed by atoms with Gasteiger partial charge in [0.05, 0.1) is 0 Å². The average molecular weight is 310 g/mol. The van der Waals surface area contributed by atoms with E-state index in [4.69, 9.17) is 5.11 Å². The van der Waals surface area contributed by atoms with E-state index in [-0.39, 0.29) is 24.8 Å². The Morgan fingerprint density at radius 1 is 1.38 bits per heavy atom. The van der Waals surface area contributed by atoms with Crippen molar-refractivity contribution in [3.8, 4) is 0 Å². The molecule has 2 amide bonds. The Kier molecular flexibility index (Phi) is 5.32. The van der Waals surface area contributed by atoms with E-state index in [9.17, 15) is 14.4 Å². The van der Waals surface area contributed by atoms with Gasteiger partial charge in [-0.2, -0.15) is 11.3 Å². The molecule has 6 nitrogen and oxygen atoms in total. The minimum atomic E-state index is -0.953. The van der Waals surface area contributed by atoms with E-state index in [1.165, 1.54) is 16.2 Å². The molecule has 2 N–H and O–H groups in total. The molecule has 0 bridgehead atoms. The van der Waals surface area contributed by atoms with Crippen molar-refractivity contribution in [2.24, 2.45) is 0 Å². The van der Waals surface area contributed by atoms with Crippen molar-refractivity contribution in [1.82, 2.24) is 10.2 Å². The maximum Gasteiger partial charge on any atom is 0.326 e. The minimum absolute atomic E-state index is 0.125. The van der Waals surface area contributed by atoms with Crippen LogP contribution in [0.3, 0.4) is 0 Å². The van der Waals surface area contributed by atoms with Gasteiger partial charge in [-0.1, -0.05) is 0 Å². The van der Waals surface area contributed by atoms with Crippen molar-refractivity contribution in [3.63, 3.8) is 0 Å². The number of rotatable bonds is 5. The van der Waals surface area contributed by atoms with Crippen LogP contribution in [0.5, 0.6) is 0 Å². The highest BCUT2D eigenvalue weighted by atomic mass is 32.1. The lowest BCUT2D eigenvalue weighted by atomic mass is 10.0. The third-order valence-corrected chi connectivity index (χ3v) is 4.20. The molecule has 1 fully saturated rings. The summed E-state index contributed by atoms with van der Waals surface area (Å²) in [4.78, 5) is 36.4. The molecule has 0 radical (unpaired) electrons. The molecular weight excluding hydrogens is 292 g/mol. The summed E-state index contributed by atoms with van der Waals surface area (Å²) in [5.74, 6) is -1.38. The summed E-state index contributed by atoms with van der Waals surface area (Å²) in [5.41, 5.74) is 0.578. The first kappa shape index (κ1) is 15.5. The molecule has 1 saturated heterocycles. The number of amides is 2. The van der Waals surface area contributed by atoms with Crippen molar-refractivity contribution in [1.29, 1.82) is 0 Å². The molecule has 0 spiro atoms.